The van der Waals surface area contributed by atoms with Crippen LogP contribution in [0.2, 0.25) is 0 Å². The molecular weight excluding hydrogens is 488 g/mol. The first-order valence-corrected chi connectivity index (χ1v) is 14.3. The number of aliphatic hydroxyl groups is 1. The molecule has 1 heterocycles. The Balaban J connectivity index is 1.75. The SMILES string of the molecule is CCCC[C@@H](C(O)C(=O)N[C@H](C)c1ccccc1)N(C(=O)OC)C1(CCCSc2nccn2C)CCC1. The molecule has 2 amide bonds. The van der Waals surface area contributed by atoms with E-state index in [0.717, 1.165) is 61.4 Å². The summed E-state index contributed by atoms with van der Waals surface area (Å²) in [6, 6.07) is 8.74. The number of carbonyl (C=O) groups excluding carboxylic acids is 2. The normalized spacial score (nSPS) is 16.8. The van der Waals surface area contributed by atoms with E-state index in [1.165, 1.54) is 7.11 Å². The molecule has 1 aliphatic carbocycles. The average Bonchev–Trinajstić information content (AvgIpc) is 3.30. The summed E-state index contributed by atoms with van der Waals surface area (Å²) in [4.78, 5) is 32.6. The number of benzene rings is 1. The Labute approximate surface area is 225 Å². The lowest BCUT2D eigenvalue weighted by Crippen LogP contribution is -2.64. The number of ether oxygens (including phenoxy) is 1. The van der Waals surface area contributed by atoms with Crippen LogP contribution in [0.4, 0.5) is 4.79 Å². The minimum atomic E-state index is -1.35. The maximum Gasteiger partial charge on any atom is 0.410 e. The Morgan fingerprint density at radius 2 is 2.00 bits per heavy atom. The van der Waals surface area contributed by atoms with E-state index in [0.29, 0.717) is 6.42 Å². The van der Waals surface area contributed by atoms with Gasteiger partial charge in [-0.15, -0.1) is 0 Å². The largest absolute Gasteiger partial charge is 0.453 e. The second-order valence-corrected chi connectivity index (χ2v) is 11.0. The molecule has 3 atom stereocenters. The van der Waals surface area contributed by atoms with Gasteiger partial charge in [0.2, 0.25) is 0 Å². The lowest BCUT2D eigenvalue weighted by Gasteiger charge is -2.53. The summed E-state index contributed by atoms with van der Waals surface area (Å²) >= 11 is 1.70. The zero-order valence-corrected chi connectivity index (χ0v) is 23.4. The van der Waals surface area contributed by atoms with Gasteiger partial charge in [-0.3, -0.25) is 9.69 Å². The van der Waals surface area contributed by atoms with Crippen LogP contribution in [0.3, 0.4) is 0 Å². The Kier molecular flexibility index (Phi) is 10.9. The van der Waals surface area contributed by atoms with Crippen LogP contribution in [0, 0.1) is 0 Å². The summed E-state index contributed by atoms with van der Waals surface area (Å²) in [7, 11) is 3.35. The lowest BCUT2D eigenvalue weighted by atomic mass is 9.71. The van der Waals surface area contributed by atoms with Crippen molar-refractivity contribution in [2.75, 3.05) is 12.9 Å². The molecule has 1 fully saturated rings. The van der Waals surface area contributed by atoms with Gasteiger partial charge in [-0.05, 0) is 51.0 Å². The van der Waals surface area contributed by atoms with Crippen LogP contribution < -0.4 is 5.32 Å². The van der Waals surface area contributed by atoms with Gasteiger partial charge in [0.15, 0.2) is 11.3 Å². The predicted molar refractivity (Wildman–Crippen MR) is 146 cm³/mol. The maximum atomic E-state index is 13.3. The third kappa shape index (κ3) is 7.29. The zero-order chi connectivity index (χ0) is 26.8. The number of carbonyl (C=O) groups is 2. The van der Waals surface area contributed by atoms with Crippen molar-refractivity contribution in [2.45, 2.75) is 94.1 Å². The maximum absolute atomic E-state index is 13.3. The van der Waals surface area contributed by atoms with Crippen LogP contribution in [0.15, 0.2) is 47.9 Å². The predicted octanol–water partition coefficient (Wildman–Crippen LogP) is 5.08. The van der Waals surface area contributed by atoms with E-state index >= 15 is 0 Å². The third-order valence-corrected chi connectivity index (χ3v) is 8.58. The molecule has 0 spiro atoms. The average molecular weight is 531 g/mol. The second-order valence-electron chi connectivity index (χ2n) is 9.99. The van der Waals surface area contributed by atoms with E-state index in [1.54, 1.807) is 22.9 Å². The van der Waals surface area contributed by atoms with Crippen LogP contribution in [-0.2, 0) is 16.6 Å². The fourth-order valence-corrected chi connectivity index (χ4v) is 6.04. The first kappa shape index (κ1) is 29.0. The second kappa shape index (κ2) is 13.9. The lowest BCUT2D eigenvalue weighted by molar-refractivity contribution is -0.136. The molecule has 3 rings (SSSR count). The number of aromatic nitrogens is 2. The van der Waals surface area contributed by atoms with Gasteiger partial charge >= 0.3 is 6.09 Å². The standard InChI is InChI=1S/C28H42N4O4S/c1-5-6-14-23(24(33)25(34)30-21(2)22-12-8-7-9-13-22)32(27(35)36-4)28(15-10-16-28)17-11-20-37-26-29-18-19-31(26)3/h7-9,12-13,18-19,21,23-24,33H,5-6,10-11,14-17,20H2,1-4H3,(H,30,34)/t21-,23+,24?/m1/s1. The number of aryl methyl sites for hydroxylation is 1. The Hall–Kier alpha value is -2.52. The van der Waals surface area contributed by atoms with Gasteiger partial charge in [-0.1, -0.05) is 61.9 Å². The molecule has 0 saturated heterocycles. The van der Waals surface area contributed by atoms with E-state index in [-0.39, 0.29) is 6.04 Å². The molecule has 0 radical (unpaired) electrons. The highest BCUT2D eigenvalue weighted by atomic mass is 32.2. The number of hydrogen-bond acceptors (Lipinski definition) is 6. The van der Waals surface area contributed by atoms with Crippen LogP contribution in [0.25, 0.3) is 0 Å². The molecule has 204 valence electrons. The molecule has 2 aromatic rings. The molecule has 0 aliphatic heterocycles. The van der Waals surface area contributed by atoms with Crippen LogP contribution in [-0.4, -0.2) is 62.1 Å². The molecule has 0 bridgehead atoms. The minimum Gasteiger partial charge on any atom is -0.453 e. The number of hydrogen-bond donors (Lipinski definition) is 2. The molecule has 37 heavy (non-hydrogen) atoms. The number of thioether (sulfide) groups is 1. The highest BCUT2D eigenvalue weighted by Gasteiger charge is 2.50. The quantitative estimate of drug-likeness (QED) is 0.261. The van der Waals surface area contributed by atoms with Gasteiger partial charge in [0.25, 0.3) is 5.91 Å². The van der Waals surface area contributed by atoms with Crippen LogP contribution >= 0.6 is 11.8 Å². The van der Waals surface area contributed by atoms with Crippen molar-refractivity contribution in [3.63, 3.8) is 0 Å². The molecule has 2 N–H and O–H groups in total. The van der Waals surface area contributed by atoms with Gasteiger partial charge in [-0.25, -0.2) is 9.78 Å². The zero-order valence-electron chi connectivity index (χ0n) is 22.6. The van der Waals surface area contributed by atoms with E-state index in [9.17, 15) is 14.7 Å². The summed E-state index contributed by atoms with van der Waals surface area (Å²) in [6.45, 7) is 3.96. The monoisotopic (exact) mass is 530 g/mol. The van der Waals surface area contributed by atoms with Gasteiger partial charge in [0, 0.05) is 30.7 Å². The fourth-order valence-electron chi connectivity index (χ4n) is 5.17. The molecule has 1 aromatic carbocycles. The van der Waals surface area contributed by atoms with E-state index < -0.39 is 29.7 Å². The molecule has 1 aromatic heterocycles. The Morgan fingerprint density at radius 3 is 2.57 bits per heavy atom. The minimum absolute atomic E-state index is 0.262. The molecule has 9 heteroatoms. The summed E-state index contributed by atoms with van der Waals surface area (Å²) in [6.07, 6.45) is 8.48. The first-order valence-electron chi connectivity index (χ1n) is 13.3. The molecule has 8 nitrogen and oxygen atoms in total. The van der Waals surface area contributed by atoms with E-state index in [1.807, 2.05) is 55.1 Å². The summed E-state index contributed by atoms with van der Waals surface area (Å²) in [5.41, 5.74) is 0.540. The van der Waals surface area contributed by atoms with Crippen molar-refractivity contribution in [1.29, 1.82) is 0 Å². The van der Waals surface area contributed by atoms with Crippen molar-refractivity contribution in [2.24, 2.45) is 7.05 Å². The number of rotatable bonds is 14. The Bertz CT molecular complexity index is 995. The van der Waals surface area contributed by atoms with Crippen molar-refractivity contribution in [3.8, 4) is 0 Å². The Morgan fingerprint density at radius 1 is 1.27 bits per heavy atom. The van der Waals surface area contributed by atoms with Gasteiger partial charge in [0.1, 0.15) is 0 Å². The molecule has 1 saturated carbocycles. The number of methoxy groups -OCH3 is 1. The fraction of sp³-hybridized carbons (Fsp3) is 0.607. The van der Waals surface area contributed by atoms with Gasteiger partial charge < -0.3 is 19.7 Å². The summed E-state index contributed by atoms with van der Waals surface area (Å²) < 4.78 is 7.24. The van der Waals surface area contributed by atoms with Crippen molar-refractivity contribution >= 4 is 23.8 Å². The van der Waals surface area contributed by atoms with Gasteiger partial charge in [-0.2, -0.15) is 0 Å². The number of unbranched alkanes of at least 4 members (excludes halogenated alkanes) is 1. The number of nitrogens with zero attached hydrogens (tertiary/aromatic N) is 3. The van der Waals surface area contributed by atoms with Crippen molar-refractivity contribution in [3.05, 3.63) is 48.3 Å². The number of nitrogens with one attached hydrogen (secondary N) is 1. The topological polar surface area (TPSA) is 96.7 Å². The number of aliphatic hydroxyl groups excluding tert-OH is 1. The van der Waals surface area contributed by atoms with E-state index in [2.05, 4.69) is 17.2 Å². The van der Waals surface area contributed by atoms with Crippen molar-refractivity contribution in [1.82, 2.24) is 19.8 Å². The summed E-state index contributed by atoms with van der Waals surface area (Å²) in [5, 5.41) is 15.3. The molecular formula is C28H42N4O4S. The highest BCUT2D eigenvalue weighted by molar-refractivity contribution is 7.99. The van der Waals surface area contributed by atoms with Crippen LogP contribution in [0.5, 0.6) is 0 Å². The third-order valence-electron chi connectivity index (χ3n) is 7.44. The number of amides is 2. The van der Waals surface area contributed by atoms with Gasteiger partial charge in [0.05, 0.1) is 19.2 Å². The highest BCUT2D eigenvalue weighted by Crippen LogP contribution is 2.44. The van der Waals surface area contributed by atoms with Crippen molar-refractivity contribution < 1.29 is 19.4 Å². The molecule has 1 aliphatic rings. The summed E-state index contributed by atoms with van der Waals surface area (Å²) in [5.74, 6) is 0.407. The molecule has 1 unspecified atom stereocenters. The smallest absolute Gasteiger partial charge is 0.410 e. The first-order chi connectivity index (χ1) is 17.8. The number of imidazole rings is 1. The van der Waals surface area contributed by atoms with Crippen LogP contribution in [0.1, 0.15) is 76.8 Å². The van der Waals surface area contributed by atoms with E-state index in [4.69, 9.17) is 4.74 Å².